The van der Waals surface area contributed by atoms with Crippen molar-refractivity contribution < 1.29 is 4.79 Å². The van der Waals surface area contributed by atoms with Crippen LogP contribution in [-0.4, -0.2) is 23.9 Å². The van der Waals surface area contributed by atoms with Crippen LogP contribution < -0.4 is 0 Å². The van der Waals surface area contributed by atoms with Gasteiger partial charge >= 0.3 is 0 Å². The van der Waals surface area contributed by atoms with E-state index in [0.29, 0.717) is 6.04 Å². The smallest absolute Gasteiger partial charge is 0.225 e. The molecular weight excluding hydrogens is 138 g/mol. The molecule has 0 bridgehead atoms. The van der Waals surface area contributed by atoms with Crippen LogP contribution in [0.4, 0.5) is 0 Å². The molecule has 2 heteroatoms. The lowest BCUT2D eigenvalue weighted by Gasteiger charge is -2.25. The first kappa shape index (κ1) is 10.5. The monoisotopic (exact) mass is 157 g/mol. The highest BCUT2D eigenvalue weighted by molar-refractivity contribution is 5.78. The van der Waals surface area contributed by atoms with Gasteiger partial charge in [-0.25, -0.2) is 0 Å². The topological polar surface area (TPSA) is 20.3 Å². The van der Waals surface area contributed by atoms with Gasteiger partial charge in [-0.1, -0.05) is 20.8 Å². The highest BCUT2D eigenvalue weighted by Gasteiger charge is 2.16. The van der Waals surface area contributed by atoms with Gasteiger partial charge in [0.25, 0.3) is 0 Å². The summed E-state index contributed by atoms with van der Waals surface area (Å²) in [5, 5.41) is 0. The van der Waals surface area contributed by atoms with E-state index in [-0.39, 0.29) is 11.8 Å². The molecule has 0 aromatic rings. The van der Waals surface area contributed by atoms with Crippen LogP contribution >= 0.6 is 0 Å². The minimum atomic E-state index is 0.119. The molecule has 1 amide bonds. The zero-order valence-electron chi connectivity index (χ0n) is 8.22. The summed E-state index contributed by atoms with van der Waals surface area (Å²) in [5.74, 6) is 0.355. The molecule has 11 heavy (non-hydrogen) atoms. The van der Waals surface area contributed by atoms with Crippen LogP contribution in [0.15, 0.2) is 0 Å². The lowest BCUT2D eigenvalue weighted by atomic mass is 10.1. The van der Waals surface area contributed by atoms with Crippen molar-refractivity contribution in [3.63, 3.8) is 0 Å². The summed E-state index contributed by atoms with van der Waals surface area (Å²) in [7, 11) is 1.87. The Bertz CT molecular complexity index is 132. The molecule has 66 valence electrons. The molecule has 0 unspecified atom stereocenters. The van der Waals surface area contributed by atoms with Gasteiger partial charge in [-0.2, -0.15) is 0 Å². The number of rotatable bonds is 3. The average Bonchev–Trinajstić information content (AvgIpc) is 2.00. The number of carbonyl (C=O) groups excluding carboxylic acids is 1. The second-order valence-corrected chi connectivity index (χ2v) is 3.36. The molecule has 0 rings (SSSR count). The SMILES string of the molecule is CC[C@H](C)N(C)C(=O)C(C)C. The molecule has 0 saturated heterocycles. The number of hydrogen-bond donors (Lipinski definition) is 0. The maximum absolute atomic E-state index is 11.4. The predicted molar refractivity (Wildman–Crippen MR) is 47.4 cm³/mol. The van der Waals surface area contributed by atoms with Crippen LogP contribution in [0, 0.1) is 5.92 Å². The molecular formula is C9H19NO. The number of hydrogen-bond acceptors (Lipinski definition) is 1. The molecule has 0 spiro atoms. The van der Waals surface area contributed by atoms with Gasteiger partial charge in [0.2, 0.25) is 5.91 Å². The van der Waals surface area contributed by atoms with Gasteiger partial charge in [0.05, 0.1) is 0 Å². The molecule has 0 N–H and O–H groups in total. The lowest BCUT2D eigenvalue weighted by molar-refractivity contribution is -0.134. The van der Waals surface area contributed by atoms with Crippen LogP contribution in [-0.2, 0) is 4.79 Å². The molecule has 1 atom stereocenters. The summed E-state index contributed by atoms with van der Waals surface area (Å²) in [4.78, 5) is 13.2. The minimum Gasteiger partial charge on any atom is -0.343 e. The molecule has 0 aliphatic rings. The third kappa shape index (κ3) is 2.91. The summed E-state index contributed by atoms with van der Waals surface area (Å²) in [6.07, 6.45) is 1.02. The van der Waals surface area contributed by atoms with Gasteiger partial charge in [0.15, 0.2) is 0 Å². The fraction of sp³-hybridized carbons (Fsp3) is 0.889. The fourth-order valence-corrected chi connectivity index (χ4v) is 0.898. The Kier molecular flexibility index (Phi) is 4.16. The molecule has 0 aliphatic heterocycles. The first-order valence-corrected chi connectivity index (χ1v) is 4.27. The van der Waals surface area contributed by atoms with E-state index >= 15 is 0 Å². The van der Waals surface area contributed by atoms with E-state index in [1.807, 2.05) is 25.8 Å². The molecule has 0 radical (unpaired) electrons. The summed E-state index contributed by atoms with van der Waals surface area (Å²) < 4.78 is 0. The molecule has 0 fully saturated rings. The van der Waals surface area contributed by atoms with Crippen molar-refractivity contribution in [1.82, 2.24) is 4.90 Å². The third-order valence-corrected chi connectivity index (χ3v) is 2.09. The zero-order chi connectivity index (χ0) is 9.02. The van der Waals surface area contributed by atoms with Gasteiger partial charge < -0.3 is 4.90 Å². The Balaban J connectivity index is 4.02. The highest BCUT2D eigenvalue weighted by Crippen LogP contribution is 2.05. The average molecular weight is 157 g/mol. The van der Waals surface area contributed by atoms with Crippen molar-refractivity contribution >= 4 is 5.91 Å². The normalized spacial score (nSPS) is 13.3. The van der Waals surface area contributed by atoms with Crippen LogP contribution in [0.25, 0.3) is 0 Å². The Morgan fingerprint density at radius 3 is 2.09 bits per heavy atom. The Morgan fingerprint density at radius 2 is 1.82 bits per heavy atom. The molecule has 2 nitrogen and oxygen atoms in total. The molecule has 0 aromatic carbocycles. The van der Waals surface area contributed by atoms with E-state index in [2.05, 4.69) is 13.8 Å². The van der Waals surface area contributed by atoms with Gasteiger partial charge in [-0.15, -0.1) is 0 Å². The lowest BCUT2D eigenvalue weighted by Crippen LogP contribution is -2.37. The van der Waals surface area contributed by atoms with Crippen molar-refractivity contribution in [2.75, 3.05) is 7.05 Å². The number of carbonyl (C=O) groups is 1. The first-order chi connectivity index (χ1) is 5.00. The zero-order valence-corrected chi connectivity index (χ0v) is 8.22. The summed E-state index contributed by atoms with van der Waals surface area (Å²) in [5.41, 5.74) is 0. The van der Waals surface area contributed by atoms with Crippen molar-refractivity contribution in [2.45, 2.75) is 40.2 Å². The second kappa shape index (κ2) is 4.37. The fourth-order valence-electron chi connectivity index (χ4n) is 0.898. The molecule has 0 heterocycles. The van der Waals surface area contributed by atoms with Crippen LogP contribution in [0.2, 0.25) is 0 Å². The van der Waals surface area contributed by atoms with E-state index in [1.54, 1.807) is 0 Å². The van der Waals surface area contributed by atoms with Gasteiger partial charge in [-0.3, -0.25) is 4.79 Å². The predicted octanol–water partition coefficient (Wildman–Crippen LogP) is 1.90. The number of amides is 1. The molecule has 0 aliphatic carbocycles. The van der Waals surface area contributed by atoms with Crippen molar-refractivity contribution in [3.8, 4) is 0 Å². The van der Waals surface area contributed by atoms with Crippen molar-refractivity contribution in [2.24, 2.45) is 5.92 Å². The minimum absolute atomic E-state index is 0.119. The van der Waals surface area contributed by atoms with Crippen LogP contribution in [0.1, 0.15) is 34.1 Å². The maximum atomic E-state index is 11.4. The Hall–Kier alpha value is -0.530. The van der Waals surface area contributed by atoms with E-state index in [4.69, 9.17) is 0 Å². The largest absolute Gasteiger partial charge is 0.343 e. The third-order valence-electron chi connectivity index (χ3n) is 2.09. The van der Waals surface area contributed by atoms with Gasteiger partial charge in [0.1, 0.15) is 0 Å². The summed E-state index contributed by atoms with van der Waals surface area (Å²) >= 11 is 0. The van der Waals surface area contributed by atoms with Crippen molar-refractivity contribution in [1.29, 1.82) is 0 Å². The van der Waals surface area contributed by atoms with Crippen LogP contribution in [0.3, 0.4) is 0 Å². The Labute approximate surface area is 69.6 Å². The molecule has 0 aromatic heterocycles. The standard InChI is InChI=1S/C9H19NO/c1-6-8(4)10(5)9(11)7(2)3/h7-8H,6H2,1-5H3/t8-/m0/s1. The van der Waals surface area contributed by atoms with Crippen LogP contribution in [0.5, 0.6) is 0 Å². The van der Waals surface area contributed by atoms with Gasteiger partial charge in [0, 0.05) is 19.0 Å². The van der Waals surface area contributed by atoms with E-state index in [1.165, 1.54) is 0 Å². The Morgan fingerprint density at radius 1 is 1.36 bits per heavy atom. The van der Waals surface area contributed by atoms with Gasteiger partial charge in [-0.05, 0) is 13.3 Å². The maximum Gasteiger partial charge on any atom is 0.225 e. The first-order valence-electron chi connectivity index (χ1n) is 4.27. The van der Waals surface area contributed by atoms with Crippen molar-refractivity contribution in [3.05, 3.63) is 0 Å². The number of nitrogens with zero attached hydrogens (tertiary/aromatic N) is 1. The van der Waals surface area contributed by atoms with E-state index in [0.717, 1.165) is 6.42 Å². The van der Waals surface area contributed by atoms with E-state index in [9.17, 15) is 4.79 Å². The summed E-state index contributed by atoms with van der Waals surface area (Å²) in [6, 6.07) is 0.366. The quantitative estimate of drug-likeness (QED) is 0.612. The van der Waals surface area contributed by atoms with E-state index < -0.39 is 0 Å². The highest BCUT2D eigenvalue weighted by atomic mass is 16.2. The summed E-state index contributed by atoms with van der Waals surface area (Å²) in [6.45, 7) is 8.03. The molecule has 0 saturated carbocycles. The second-order valence-electron chi connectivity index (χ2n) is 3.36.